The lowest BCUT2D eigenvalue weighted by atomic mass is 10.1. The number of ether oxygens (including phenoxy) is 1. The molecule has 0 bridgehead atoms. The van der Waals surface area contributed by atoms with Gasteiger partial charge in [-0.2, -0.15) is 0 Å². The quantitative estimate of drug-likeness (QED) is 0.745. The van der Waals surface area contributed by atoms with Crippen molar-refractivity contribution >= 4 is 0 Å². The van der Waals surface area contributed by atoms with Gasteiger partial charge in [-0.05, 0) is 57.3 Å². The van der Waals surface area contributed by atoms with Gasteiger partial charge in [-0.25, -0.2) is 0 Å². The fourth-order valence-corrected chi connectivity index (χ4v) is 2.93. The van der Waals surface area contributed by atoms with E-state index in [1.54, 1.807) is 0 Å². The molecule has 4 nitrogen and oxygen atoms in total. The number of hydrogen-bond acceptors (Lipinski definition) is 4. The van der Waals surface area contributed by atoms with Crippen LogP contribution in [0.1, 0.15) is 43.4 Å². The number of hydrogen-bond donors (Lipinski definition) is 1. The second-order valence-corrected chi connectivity index (χ2v) is 6.43. The predicted molar refractivity (Wildman–Crippen MR) is 84.0 cm³/mol. The normalized spacial score (nSPS) is 22.8. The van der Waals surface area contributed by atoms with Gasteiger partial charge >= 0.3 is 0 Å². The van der Waals surface area contributed by atoms with Crippen molar-refractivity contribution in [1.82, 2.24) is 15.2 Å². The maximum absolute atomic E-state index is 5.77. The van der Waals surface area contributed by atoms with Gasteiger partial charge in [0.15, 0.2) is 0 Å². The second kappa shape index (κ2) is 7.34. The van der Waals surface area contributed by atoms with Gasteiger partial charge in [0.25, 0.3) is 0 Å². The molecular formula is C17H27N3O. The Morgan fingerprint density at radius 1 is 1.33 bits per heavy atom. The first-order chi connectivity index (χ1) is 10.3. The molecule has 0 amide bonds. The first-order valence-electron chi connectivity index (χ1n) is 8.26. The van der Waals surface area contributed by atoms with Crippen LogP contribution in [-0.4, -0.2) is 42.2 Å². The van der Waals surface area contributed by atoms with Crippen LogP contribution in [0.25, 0.3) is 0 Å². The number of likely N-dealkylation sites (tertiary alicyclic amines) is 1. The standard InChI is InChI=1S/C17H27N3O/c1-20-9-2-3-17(20)8-10-21-13-16-5-4-14(12-19-16)11-18-15-6-7-15/h4-5,12,15,17-18H,2-3,6-11,13H2,1H3. The van der Waals surface area contributed by atoms with Crippen molar-refractivity contribution in [3.63, 3.8) is 0 Å². The number of rotatable bonds is 8. The fraction of sp³-hybridized carbons (Fsp3) is 0.706. The van der Waals surface area contributed by atoms with Crippen LogP contribution in [0.15, 0.2) is 18.3 Å². The van der Waals surface area contributed by atoms with E-state index in [-0.39, 0.29) is 0 Å². The van der Waals surface area contributed by atoms with E-state index in [1.807, 2.05) is 6.20 Å². The topological polar surface area (TPSA) is 37.4 Å². The smallest absolute Gasteiger partial charge is 0.0887 e. The van der Waals surface area contributed by atoms with Crippen molar-refractivity contribution in [2.24, 2.45) is 0 Å². The third-order valence-corrected chi connectivity index (χ3v) is 4.58. The SMILES string of the molecule is CN1CCCC1CCOCc1ccc(CNC2CC2)cn1. The summed E-state index contributed by atoms with van der Waals surface area (Å²) in [5.41, 5.74) is 2.29. The molecule has 1 aliphatic heterocycles. The molecule has 1 aliphatic carbocycles. The molecule has 21 heavy (non-hydrogen) atoms. The molecule has 4 heteroatoms. The van der Waals surface area contributed by atoms with Crippen molar-refractivity contribution in [2.75, 3.05) is 20.2 Å². The van der Waals surface area contributed by atoms with Crippen LogP contribution in [-0.2, 0) is 17.9 Å². The van der Waals surface area contributed by atoms with Crippen molar-refractivity contribution in [1.29, 1.82) is 0 Å². The number of aromatic nitrogens is 1. The van der Waals surface area contributed by atoms with Crippen molar-refractivity contribution in [3.8, 4) is 0 Å². The molecule has 1 saturated heterocycles. The van der Waals surface area contributed by atoms with E-state index in [1.165, 1.54) is 37.8 Å². The van der Waals surface area contributed by atoms with Gasteiger partial charge < -0.3 is 15.0 Å². The first kappa shape index (κ1) is 14.9. The average molecular weight is 289 g/mol. The zero-order valence-corrected chi connectivity index (χ0v) is 13.1. The molecule has 0 aromatic carbocycles. The third kappa shape index (κ3) is 4.77. The number of pyridine rings is 1. The van der Waals surface area contributed by atoms with Crippen molar-refractivity contribution in [3.05, 3.63) is 29.6 Å². The Hall–Kier alpha value is -0.970. The van der Waals surface area contributed by atoms with Gasteiger partial charge in [0.05, 0.1) is 12.3 Å². The van der Waals surface area contributed by atoms with Crippen LogP contribution >= 0.6 is 0 Å². The minimum absolute atomic E-state index is 0.632. The van der Waals surface area contributed by atoms with Gasteiger partial charge in [0.2, 0.25) is 0 Å². The summed E-state index contributed by atoms with van der Waals surface area (Å²) < 4.78 is 5.77. The third-order valence-electron chi connectivity index (χ3n) is 4.58. The highest BCUT2D eigenvalue weighted by atomic mass is 16.5. The van der Waals surface area contributed by atoms with E-state index >= 15 is 0 Å². The van der Waals surface area contributed by atoms with Crippen LogP contribution in [0.4, 0.5) is 0 Å². The molecule has 1 atom stereocenters. The summed E-state index contributed by atoms with van der Waals surface area (Å²) in [6.45, 7) is 3.64. The van der Waals surface area contributed by atoms with Crippen molar-refractivity contribution in [2.45, 2.75) is 57.3 Å². The van der Waals surface area contributed by atoms with Crippen LogP contribution < -0.4 is 5.32 Å². The minimum atomic E-state index is 0.632. The summed E-state index contributed by atoms with van der Waals surface area (Å²) in [5, 5.41) is 3.50. The second-order valence-electron chi connectivity index (χ2n) is 6.43. The molecule has 1 saturated carbocycles. The molecule has 2 heterocycles. The van der Waals surface area contributed by atoms with Gasteiger partial charge in [-0.1, -0.05) is 6.07 Å². The van der Waals surface area contributed by atoms with E-state index < -0.39 is 0 Å². The highest BCUT2D eigenvalue weighted by molar-refractivity contribution is 5.13. The van der Waals surface area contributed by atoms with Crippen LogP contribution in [0, 0.1) is 0 Å². The zero-order chi connectivity index (χ0) is 14.5. The summed E-state index contributed by atoms with van der Waals surface area (Å²) >= 11 is 0. The monoisotopic (exact) mass is 289 g/mol. The first-order valence-corrected chi connectivity index (χ1v) is 8.26. The molecule has 3 rings (SSSR count). The number of nitrogens with one attached hydrogen (secondary N) is 1. The average Bonchev–Trinajstić information content (AvgIpc) is 3.25. The molecule has 0 spiro atoms. The molecule has 2 aliphatic rings. The largest absolute Gasteiger partial charge is 0.375 e. The lowest BCUT2D eigenvalue weighted by Gasteiger charge is -2.18. The Morgan fingerprint density at radius 2 is 2.24 bits per heavy atom. The molecule has 116 valence electrons. The van der Waals surface area contributed by atoms with Crippen LogP contribution in [0.3, 0.4) is 0 Å². The van der Waals surface area contributed by atoms with E-state index in [4.69, 9.17) is 4.74 Å². The molecule has 1 unspecified atom stereocenters. The molecular weight excluding hydrogens is 262 g/mol. The molecule has 2 fully saturated rings. The van der Waals surface area contributed by atoms with Crippen molar-refractivity contribution < 1.29 is 4.74 Å². The van der Waals surface area contributed by atoms with E-state index in [9.17, 15) is 0 Å². The maximum atomic E-state index is 5.77. The van der Waals surface area contributed by atoms with Crippen LogP contribution in [0.5, 0.6) is 0 Å². The highest BCUT2D eigenvalue weighted by Crippen LogP contribution is 2.19. The number of nitrogens with zero attached hydrogens (tertiary/aromatic N) is 2. The maximum Gasteiger partial charge on any atom is 0.0887 e. The minimum Gasteiger partial charge on any atom is -0.375 e. The lowest BCUT2D eigenvalue weighted by molar-refractivity contribution is 0.0993. The predicted octanol–water partition coefficient (Wildman–Crippen LogP) is 2.33. The van der Waals surface area contributed by atoms with Crippen LogP contribution in [0.2, 0.25) is 0 Å². The van der Waals surface area contributed by atoms with E-state index in [0.29, 0.717) is 12.6 Å². The zero-order valence-electron chi connectivity index (χ0n) is 13.1. The Balaban J connectivity index is 1.32. The Labute approximate surface area is 127 Å². The molecule has 1 aromatic rings. The van der Waals surface area contributed by atoms with Gasteiger partial charge in [0.1, 0.15) is 0 Å². The van der Waals surface area contributed by atoms with Gasteiger partial charge in [0, 0.05) is 31.4 Å². The summed E-state index contributed by atoms with van der Waals surface area (Å²) in [7, 11) is 2.22. The summed E-state index contributed by atoms with van der Waals surface area (Å²) in [6, 6.07) is 5.72. The van der Waals surface area contributed by atoms with E-state index in [0.717, 1.165) is 31.3 Å². The van der Waals surface area contributed by atoms with Gasteiger partial charge in [-0.15, -0.1) is 0 Å². The van der Waals surface area contributed by atoms with Gasteiger partial charge in [-0.3, -0.25) is 4.98 Å². The molecule has 1 aromatic heterocycles. The Morgan fingerprint density at radius 3 is 2.90 bits per heavy atom. The summed E-state index contributed by atoms with van der Waals surface area (Å²) in [6.07, 6.45) is 8.42. The molecule has 1 N–H and O–H groups in total. The lowest BCUT2D eigenvalue weighted by Crippen LogP contribution is -2.26. The van der Waals surface area contributed by atoms with E-state index in [2.05, 4.69) is 34.4 Å². The molecule has 0 radical (unpaired) electrons. The highest BCUT2D eigenvalue weighted by Gasteiger charge is 2.20. The Kier molecular flexibility index (Phi) is 5.22. The Bertz CT molecular complexity index is 430. The summed E-state index contributed by atoms with van der Waals surface area (Å²) in [5.74, 6) is 0. The summed E-state index contributed by atoms with van der Waals surface area (Å²) in [4.78, 5) is 6.93. The fourth-order valence-electron chi connectivity index (χ4n) is 2.93.